The van der Waals surface area contributed by atoms with Crippen LogP contribution in [0.4, 0.5) is 0 Å². The minimum Gasteiger partial charge on any atom is -0.497 e. The predicted molar refractivity (Wildman–Crippen MR) is 91.8 cm³/mol. The Morgan fingerprint density at radius 3 is 2.44 bits per heavy atom. The molecule has 0 fully saturated rings. The second kappa shape index (κ2) is 8.94. The lowest BCUT2D eigenvalue weighted by Gasteiger charge is -2.10. The standard InChI is InChI=1S/C18H17ClO6/c1-22-13-6-7-15(17(9-13)23-2)16(20)10-25-18(21)11-24-14-5-3-4-12(19)8-14/h3-9H,10-11H2,1-2H3. The molecular weight excluding hydrogens is 348 g/mol. The Balaban J connectivity index is 1.88. The molecule has 0 heterocycles. The van der Waals surface area contributed by atoms with Gasteiger partial charge in [0.15, 0.2) is 13.2 Å². The normalized spacial score (nSPS) is 10.0. The maximum atomic E-state index is 12.2. The van der Waals surface area contributed by atoms with E-state index in [2.05, 4.69) is 0 Å². The molecule has 0 radical (unpaired) electrons. The van der Waals surface area contributed by atoms with Crippen molar-refractivity contribution in [3.8, 4) is 17.2 Å². The number of esters is 1. The van der Waals surface area contributed by atoms with Gasteiger partial charge in [0.2, 0.25) is 5.78 Å². The van der Waals surface area contributed by atoms with Gasteiger partial charge in [-0.25, -0.2) is 4.79 Å². The van der Waals surface area contributed by atoms with Gasteiger partial charge in [-0.15, -0.1) is 0 Å². The Kier molecular flexibility index (Phi) is 6.65. The van der Waals surface area contributed by atoms with Gasteiger partial charge in [-0.05, 0) is 30.3 Å². The van der Waals surface area contributed by atoms with E-state index >= 15 is 0 Å². The summed E-state index contributed by atoms with van der Waals surface area (Å²) in [6, 6.07) is 11.4. The second-order valence-corrected chi connectivity index (χ2v) is 5.33. The first-order valence-corrected chi connectivity index (χ1v) is 7.70. The summed E-state index contributed by atoms with van der Waals surface area (Å²) in [4.78, 5) is 23.9. The summed E-state index contributed by atoms with van der Waals surface area (Å²) in [5, 5.41) is 0.493. The minimum atomic E-state index is -0.666. The first-order chi connectivity index (χ1) is 12.0. The van der Waals surface area contributed by atoms with Crippen molar-refractivity contribution in [3.05, 3.63) is 53.1 Å². The lowest BCUT2D eigenvalue weighted by molar-refractivity contribution is -0.144. The third-order valence-corrected chi connectivity index (χ3v) is 3.46. The van der Waals surface area contributed by atoms with Gasteiger partial charge in [0.1, 0.15) is 17.2 Å². The molecule has 25 heavy (non-hydrogen) atoms. The lowest BCUT2D eigenvalue weighted by Crippen LogP contribution is -2.19. The smallest absolute Gasteiger partial charge is 0.344 e. The molecule has 2 aromatic rings. The number of halogens is 1. The van der Waals surface area contributed by atoms with Gasteiger partial charge >= 0.3 is 5.97 Å². The van der Waals surface area contributed by atoms with Crippen LogP contribution in [0.5, 0.6) is 17.2 Å². The highest BCUT2D eigenvalue weighted by atomic mass is 35.5. The van der Waals surface area contributed by atoms with Gasteiger partial charge in [-0.3, -0.25) is 4.79 Å². The van der Waals surface area contributed by atoms with Gasteiger partial charge in [0.05, 0.1) is 19.8 Å². The SMILES string of the molecule is COc1ccc(C(=O)COC(=O)COc2cccc(Cl)c2)c(OC)c1. The summed E-state index contributed by atoms with van der Waals surface area (Å²) in [7, 11) is 2.95. The van der Waals surface area contributed by atoms with Gasteiger partial charge in [-0.1, -0.05) is 17.7 Å². The van der Waals surface area contributed by atoms with Gasteiger partial charge in [0, 0.05) is 11.1 Å². The number of carbonyl (C=O) groups excluding carboxylic acids is 2. The van der Waals surface area contributed by atoms with Crippen LogP contribution in [0.15, 0.2) is 42.5 Å². The zero-order valence-electron chi connectivity index (χ0n) is 13.8. The van der Waals surface area contributed by atoms with Crippen LogP contribution >= 0.6 is 11.6 Å². The van der Waals surface area contributed by atoms with E-state index in [1.165, 1.54) is 14.2 Å². The highest BCUT2D eigenvalue weighted by molar-refractivity contribution is 6.30. The Labute approximate surface area is 150 Å². The Bertz CT molecular complexity index is 759. The summed E-state index contributed by atoms with van der Waals surface area (Å²) in [5.41, 5.74) is 0.298. The molecule has 0 saturated carbocycles. The molecule has 0 atom stereocenters. The summed E-state index contributed by atoms with van der Waals surface area (Å²) >= 11 is 5.82. The molecule has 0 aliphatic carbocycles. The third kappa shape index (κ3) is 5.39. The van der Waals surface area contributed by atoms with Crippen LogP contribution in [0.1, 0.15) is 10.4 Å². The zero-order chi connectivity index (χ0) is 18.2. The molecule has 132 valence electrons. The van der Waals surface area contributed by atoms with Crippen molar-refractivity contribution >= 4 is 23.4 Å². The van der Waals surface area contributed by atoms with Crippen LogP contribution in [0.3, 0.4) is 0 Å². The predicted octanol–water partition coefficient (Wildman–Crippen LogP) is 3.16. The van der Waals surface area contributed by atoms with E-state index in [-0.39, 0.29) is 6.61 Å². The van der Waals surface area contributed by atoms with Crippen molar-refractivity contribution in [1.82, 2.24) is 0 Å². The monoisotopic (exact) mass is 364 g/mol. The van der Waals surface area contributed by atoms with Crippen LogP contribution in [0, 0.1) is 0 Å². The van der Waals surface area contributed by atoms with Crippen molar-refractivity contribution in [1.29, 1.82) is 0 Å². The first-order valence-electron chi connectivity index (χ1n) is 7.32. The quantitative estimate of drug-likeness (QED) is 0.529. The molecule has 0 N–H and O–H groups in total. The van der Waals surface area contributed by atoms with Crippen LogP contribution in [-0.4, -0.2) is 39.2 Å². The van der Waals surface area contributed by atoms with Crippen molar-refractivity contribution in [2.75, 3.05) is 27.4 Å². The highest BCUT2D eigenvalue weighted by Gasteiger charge is 2.16. The molecule has 7 heteroatoms. The van der Waals surface area contributed by atoms with Crippen molar-refractivity contribution in [2.24, 2.45) is 0 Å². The molecule has 0 bridgehead atoms. The van der Waals surface area contributed by atoms with Crippen molar-refractivity contribution in [3.63, 3.8) is 0 Å². The van der Waals surface area contributed by atoms with E-state index < -0.39 is 18.4 Å². The van der Waals surface area contributed by atoms with Crippen LogP contribution in [0.25, 0.3) is 0 Å². The molecule has 0 unspecified atom stereocenters. The topological polar surface area (TPSA) is 71.1 Å². The summed E-state index contributed by atoms with van der Waals surface area (Å²) < 4.78 is 20.4. The van der Waals surface area contributed by atoms with Crippen LogP contribution < -0.4 is 14.2 Å². The summed E-state index contributed by atoms with van der Waals surface area (Å²) in [6.07, 6.45) is 0. The van der Waals surface area contributed by atoms with E-state index in [0.717, 1.165) is 0 Å². The van der Waals surface area contributed by atoms with Crippen LogP contribution in [0.2, 0.25) is 5.02 Å². The number of carbonyl (C=O) groups is 2. The number of methoxy groups -OCH3 is 2. The number of hydrogen-bond donors (Lipinski definition) is 0. The third-order valence-electron chi connectivity index (χ3n) is 3.23. The fraction of sp³-hybridized carbons (Fsp3) is 0.222. The summed E-state index contributed by atoms with van der Waals surface area (Å²) in [5.74, 6) is 0.278. The lowest BCUT2D eigenvalue weighted by atomic mass is 10.1. The molecule has 6 nitrogen and oxygen atoms in total. The van der Waals surface area contributed by atoms with E-state index in [1.807, 2.05) is 0 Å². The average molecular weight is 365 g/mol. The van der Waals surface area contributed by atoms with Gasteiger partial charge in [-0.2, -0.15) is 0 Å². The molecule has 0 spiro atoms. The molecule has 0 aliphatic rings. The Morgan fingerprint density at radius 2 is 1.76 bits per heavy atom. The molecule has 0 saturated heterocycles. The maximum absolute atomic E-state index is 12.2. The van der Waals surface area contributed by atoms with Gasteiger partial charge < -0.3 is 18.9 Å². The molecule has 2 aromatic carbocycles. The molecule has 0 aliphatic heterocycles. The average Bonchev–Trinajstić information content (AvgIpc) is 2.63. The molecular formula is C18H17ClO6. The maximum Gasteiger partial charge on any atom is 0.344 e. The molecule has 2 rings (SSSR count). The fourth-order valence-electron chi connectivity index (χ4n) is 1.99. The molecule has 0 aromatic heterocycles. The van der Waals surface area contributed by atoms with E-state index in [4.69, 9.17) is 30.5 Å². The number of benzene rings is 2. The number of ether oxygens (including phenoxy) is 4. The van der Waals surface area contributed by atoms with Crippen molar-refractivity contribution < 1.29 is 28.5 Å². The first kappa shape index (κ1) is 18.6. The number of ketones is 1. The zero-order valence-corrected chi connectivity index (χ0v) is 14.5. The largest absolute Gasteiger partial charge is 0.497 e. The Morgan fingerprint density at radius 1 is 0.960 bits per heavy atom. The summed E-state index contributed by atoms with van der Waals surface area (Å²) in [6.45, 7) is -0.742. The Hall–Kier alpha value is -2.73. The highest BCUT2D eigenvalue weighted by Crippen LogP contribution is 2.25. The number of hydrogen-bond acceptors (Lipinski definition) is 6. The van der Waals surface area contributed by atoms with E-state index in [0.29, 0.717) is 27.8 Å². The number of Topliss-reactive ketones (excluding diaryl/α,β-unsaturated/α-hetero) is 1. The minimum absolute atomic E-state index is 0.298. The fourth-order valence-corrected chi connectivity index (χ4v) is 2.17. The van der Waals surface area contributed by atoms with Gasteiger partial charge in [0.25, 0.3) is 0 Å². The van der Waals surface area contributed by atoms with E-state index in [9.17, 15) is 9.59 Å². The molecule has 0 amide bonds. The second-order valence-electron chi connectivity index (χ2n) is 4.90. The number of rotatable bonds is 8. The van der Waals surface area contributed by atoms with Crippen molar-refractivity contribution in [2.45, 2.75) is 0 Å². The van der Waals surface area contributed by atoms with Crippen LogP contribution in [-0.2, 0) is 9.53 Å². The van der Waals surface area contributed by atoms with E-state index in [1.54, 1.807) is 42.5 Å².